The van der Waals surface area contributed by atoms with Gasteiger partial charge in [0, 0.05) is 36.0 Å². The van der Waals surface area contributed by atoms with Crippen molar-refractivity contribution in [1.82, 2.24) is 10.5 Å². The number of fused-ring (bicyclic) bond motifs is 15. The fourth-order valence-electron chi connectivity index (χ4n) is 27.0. The fraction of sp³-hybridized carbons (Fsp3) is 0.821. The molecule has 2 aromatic carbocycles. The summed E-state index contributed by atoms with van der Waals surface area (Å²) in [6.07, 6.45) is 34.7. The van der Waals surface area contributed by atoms with Crippen LogP contribution in [-0.2, 0) is 19.3 Å². The van der Waals surface area contributed by atoms with Crippen LogP contribution in [0.5, 0.6) is 0 Å². The van der Waals surface area contributed by atoms with E-state index in [9.17, 15) is 34.8 Å². The maximum absolute atomic E-state index is 13.7. The Morgan fingerprint density at radius 1 is 0.490 bits per heavy atom. The number of carbonyl (C=O) groups is 3. The number of aryl methyl sites for hydroxylation is 2. The molecule has 12 saturated carbocycles. The minimum absolute atomic E-state index is 0.0227. The molecule has 2 aromatic rings. The summed E-state index contributed by atoms with van der Waals surface area (Å²) in [5.74, 6) is 8.89. The highest BCUT2D eigenvalue weighted by Crippen LogP contribution is 2.73. The number of carboxylic acids is 1. The minimum Gasteiger partial charge on any atom is -0.481 e. The number of Topliss-reactive ketones (excluding diaryl/α,β-unsaturated/α-hetero) is 1. The molecular formula is C84H133BrN2O9. The average molecular weight is 1390 g/mol. The van der Waals surface area contributed by atoms with Gasteiger partial charge in [0.15, 0.2) is 5.78 Å². The second-order valence-electron chi connectivity index (χ2n) is 36.0. The zero-order valence-corrected chi connectivity index (χ0v) is 64.2. The number of amides is 1. The summed E-state index contributed by atoms with van der Waals surface area (Å²) >= 11 is 3.40. The Morgan fingerprint density at radius 2 is 0.844 bits per heavy atom. The number of carboxylic acid groups (broad SMARTS) is 1. The zero-order valence-electron chi connectivity index (χ0n) is 62.6. The van der Waals surface area contributed by atoms with Crippen LogP contribution in [0.15, 0.2) is 53.0 Å². The maximum Gasteiger partial charge on any atom is 0.307 e. The first kappa shape index (κ1) is 75.9. The smallest absolute Gasteiger partial charge is 0.307 e. The van der Waals surface area contributed by atoms with Crippen molar-refractivity contribution in [3.63, 3.8) is 0 Å². The van der Waals surface area contributed by atoms with Gasteiger partial charge in [-0.1, -0.05) is 99.9 Å². The van der Waals surface area contributed by atoms with Crippen molar-refractivity contribution in [3.05, 3.63) is 69.7 Å². The van der Waals surface area contributed by atoms with Crippen LogP contribution >= 0.6 is 15.9 Å². The van der Waals surface area contributed by atoms with Crippen molar-refractivity contribution in [2.75, 3.05) is 28.3 Å². The van der Waals surface area contributed by atoms with Crippen LogP contribution in [0.2, 0.25) is 0 Å². The molecule has 24 atom stereocenters. The van der Waals surface area contributed by atoms with Gasteiger partial charge in [0.1, 0.15) is 0 Å². The van der Waals surface area contributed by atoms with Crippen LogP contribution in [0.25, 0.3) is 0 Å². The van der Waals surface area contributed by atoms with E-state index in [1.807, 2.05) is 43.3 Å². The minimum atomic E-state index is -0.559. The van der Waals surface area contributed by atoms with E-state index >= 15 is 0 Å². The number of aliphatic carboxylic acids is 1. The molecule has 0 bridgehead atoms. The number of rotatable bonds is 9. The van der Waals surface area contributed by atoms with Crippen LogP contribution in [0, 0.1) is 135 Å². The van der Waals surface area contributed by atoms with Gasteiger partial charge >= 0.3 is 5.97 Å². The molecule has 12 fully saturated rings. The summed E-state index contributed by atoms with van der Waals surface area (Å²) in [7, 11) is 6.63. The number of halogens is 1. The Kier molecular flexibility index (Phi) is 23.4. The molecule has 5 N–H and O–H groups in total. The lowest BCUT2D eigenvalue weighted by Crippen LogP contribution is -2.57. The SMILES string of the molecule is CC[C@]12CC[C@@](C)(O)C[C@H]1CC[C@H]1[C@@H]3CC[C@H](C(=O)N(C)OC)[C@@]3(C)CC[C@@H]12.CC[C@]12CC[C@@](C)(O)C[C@H]1CC[C@H]1[C@@H]3CC[C@H](C(=O)O)[C@@]3(C)CC[C@@H]12.CC[C@]12CC[C@@](C)(O)C[C@H]1CC[C@H]1[C@@H]3CC[C@H](C(=O)c4ccccc4C)[C@@]3(C)CC[C@@H]12.CNOC.Cc1ccccc1Br. The quantitative estimate of drug-likeness (QED) is 0.121. The van der Waals surface area contributed by atoms with Crippen molar-refractivity contribution in [2.24, 2.45) is 121 Å². The number of nitrogens with zero attached hydrogens (tertiary/aromatic N) is 1. The van der Waals surface area contributed by atoms with E-state index in [1.165, 1.54) is 137 Å². The van der Waals surface area contributed by atoms with Crippen LogP contribution < -0.4 is 5.48 Å². The van der Waals surface area contributed by atoms with E-state index in [0.717, 1.165) is 117 Å². The molecule has 1 amide bonds. The Hall–Kier alpha value is -2.71. The number of hydrogen-bond donors (Lipinski definition) is 5. The standard InChI is InChI=1S/C29H42O2.C24H41NO3.C22H36O3.C7H7Br.C2H7NO/c1-5-29-17-16-27(3,31)18-20(29)10-11-22-23-12-13-25(28(23,4)15-14-24(22)29)26(30)21-9-7-6-8-19(21)2;1-6-24-14-13-22(2,27)15-16(24)7-8-17-18-9-10-20(21(26)25(4)28-5)23(18,3)12-11-19(17)24;1-4-22-12-11-20(2,25)13-14(22)5-6-15-16-7-8-18(19(23)24)21(16,3)10-9-17(15)22;1-6-4-2-3-5-7(6)8;1-3-4-2/h6-9,20,22-25,31H,5,10-18H2,1-4H3;16-20,27H,6-15H2,1-5H3;14-18,25H,4-13H2,1-3H3,(H,23,24);2-5H,1H3;3H,1-2H3/t20-,22+,23+,24+,25-,27-,28+,29+;16-,17+,18+,19+,20-,22-,23+,24+;14-,15+,16+,17+,18-,20-,21+,22+;;/m111../s1. The van der Waals surface area contributed by atoms with Gasteiger partial charge in [-0.3, -0.25) is 19.2 Å². The molecule has 11 nitrogen and oxygen atoms in total. The maximum atomic E-state index is 13.7. The van der Waals surface area contributed by atoms with E-state index in [2.05, 4.69) is 108 Å². The summed E-state index contributed by atoms with van der Waals surface area (Å²) in [6.45, 7) is 24.7. The van der Waals surface area contributed by atoms with Gasteiger partial charge in [-0.2, -0.15) is 0 Å². The molecule has 540 valence electrons. The van der Waals surface area contributed by atoms with Gasteiger partial charge < -0.3 is 25.3 Å². The molecule has 0 aliphatic heterocycles. The van der Waals surface area contributed by atoms with Gasteiger partial charge in [0.05, 0.1) is 36.9 Å². The zero-order chi connectivity index (χ0) is 69.8. The van der Waals surface area contributed by atoms with Crippen LogP contribution in [0.3, 0.4) is 0 Å². The van der Waals surface area contributed by atoms with Crippen molar-refractivity contribution in [3.8, 4) is 0 Å². The van der Waals surface area contributed by atoms with Gasteiger partial charge in [0.2, 0.25) is 5.91 Å². The molecule has 12 aliphatic rings. The molecule has 0 radical (unpaired) electrons. The van der Waals surface area contributed by atoms with Gasteiger partial charge in [-0.25, -0.2) is 10.5 Å². The van der Waals surface area contributed by atoms with Gasteiger partial charge in [-0.15, -0.1) is 0 Å². The number of benzene rings is 2. The Labute approximate surface area is 590 Å². The van der Waals surface area contributed by atoms with Crippen molar-refractivity contribution >= 4 is 33.6 Å². The average Bonchev–Trinajstić information content (AvgIpc) is 1.27. The van der Waals surface area contributed by atoms with Crippen molar-refractivity contribution in [1.29, 1.82) is 0 Å². The summed E-state index contributed by atoms with van der Waals surface area (Å²) in [5, 5.41) is 43.4. The first-order valence-electron chi connectivity index (χ1n) is 39.1. The van der Waals surface area contributed by atoms with Crippen molar-refractivity contribution in [2.45, 2.75) is 286 Å². The van der Waals surface area contributed by atoms with E-state index in [0.29, 0.717) is 57.5 Å². The third-order valence-corrected chi connectivity index (χ3v) is 33.0. The molecular weight excluding hydrogens is 1260 g/mol. The Morgan fingerprint density at radius 3 is 1.19 bits per heavy atom. The highest BCUT2D eigenvalue weighted by atomic mass is 79.9. The van der Waals surface area contributed by atoms with E-state index in [1.54, 1.807) is 28.3 Å². The highest BCUT2D eigenvalue weighted by molar-refractivity contribution is 9.10. The predicted octanol–water partition coefficient (Wildman–Crippen LogP) is 19.2. The monoisotopic (exact) mass is 1390 g/mol. The molecule has 0 saturated heterocycles. The third-order valence-electron chi connectivity index (χ3n) is 32.1. The third kappa shape index (κ3) is 13.9. The van der Waals surface area contributed by atoms with Gasteiger partial charge in [0.25, 0.3) is 0 Å². The van der Waals surface area contributed by atoms with Crippen LogP contribution in [-0.4, -0.2) is 88.3 Å². The first-order chi connectivity index (χ1) is 45.4. The Balaban J connectivity index is 0.000000144. The van der Waals surface area contributed by atoms with E-state index in [-0.39, 0.29) is 39.9 Å². The fourth-order valence-corrected chi connectivity index (χ4v) is 27.3. The Bertz CT molecular complexity index is 2980. The second kappa shape index (κ2) is 29.6. The largest absolute Gasteiger partial charge is 0.481 e. The number of carbonyl (C=O) groups excluding carboxylic acids is 2. The molecule has 12 aliphatic carbocycles. The lowest BCUT2D eigenvalue weighted by molar-refractivity contribution is -0.183. The van der Waals surface area contributed by atoms with Crippen LogP contribution in [0.4, 0.5) is 0 Å². The topological polar surface area (TPSA) is 166 Å². The van der Waals surface area contributed by atoms with Crippen LogP contribution in [0.1, 0.15) is 276 Å². The molecule has 96 heavy (non-hydrogen) atoms. The highest BCUT2D eigenvalue weighted by Gasteiger charge is 2.66. The summed E-state index contributed by atoms with van der Waals surface area (Å²) in [6, 6.07) is 16.3. The molecule has 0 spiro atoms. The van der Waals surface area contributed by atoms with E-state index in [4.69, 9.17) is 4.84 Å². The lowest BCUT2D eigenvalue weighted by Gasteiger charge is -2.63. The number of nitrogens with one attached hydrogen (secondary N) is 1. The summed E-state index contributed by atoms with van der Waals surface area (Å²) in [4.78, 5) is 48.0. The molecule has 0 aromatic heterocycles. The molecule has 14 rings (SSSR count). The second-order valence-corrected chi connectivity index (χ2v) is 36.9. The molecule has 0 unspecified atom stereocenters. The number of ketones is 1. The molecule has 0 heterocycles. The first-order valence-corrected chi connectivity index (χ1v) is 39.9. The molecule has 12 heteroatoms. The summed E-state index contributed by atoms with van der Waals surface area (Å²) in [5.41, 5.74) is 6.01. The van der Waals surface area contributed by atoms with Crippen molar-refractivity contribution < 1.29 is 44.5 Å². The number of aliphatic hydroxyl groups is 3. The lowest BCUT2D eigenvalue weighted by atomic mass is 9.42. The normalized spacial score (nSPS) is 45.2. The van der Waals surface area contributed by atoms with E-state index < -0.39 is 22.8 Å². The van der Waals surface area contributed by atoms with Gasteiger partial charge in [-0.05, 0) is 348 Å². The number of hydrogen-bond acceptors (Lipinski definition) is 9. The number of hydroxylamine groups is 3. The summed E-state index contributed by atoms with van der Waals surface area (Å²) < 4.78 is 1.18. The predicted molar refractivity (Wildman–Crippen MR) is 389 cm³/mol.